The van der Waals surface area contributed by atoms with Gasteiger partial charge in [-0.3, -0.25) is 0 Å². The zero-order valence-corrected chi connectivity index (χ0v) is 11.5. The molecule has 3 aromatic rings. The van der Waals surface area contributed by atoms with E-state index in [1.165, 1.54) is 16.8 Å². The normalized spacial score (nSPS) is 10.2. The van der Waals surface area contributed by atoms with Crippen LogP contribution in [0.2, 0.25) is 0 Å². The van der Waals surface area contributed by atoms with Gasteiger partial charge in [-0.2, -0.15) is 15.0 Å². The Morgan fingerprint density at radius 1 is 1.18 bits per heavy atom. The molecule has 1 aromatic carbocycles. The Labute approximate surface area is 126 Å². The lowest BCUT2D eigenvalue weighted by atomic mass is 10.1. The molecule has 0 bridgehead atoms. The molecule has 0 radical (unpaired) electrons. The minimum atomic E-state index is -0.469. The van der Waals surface area contributed by atoms with Crippen molar-refractivity contribution in [2.45, 2.75) is 6.61 Å². The maximum absolute atomic E-state index is 13.8. The minimum absolute atomic E-state index is 0.0378. The molecule has 0 saturated heterocycles. The summed E-state index contributed by atoms with van der Waals surface area (Å²) in [6.45, 7) is 0.0378. The molecular formula is C16H11FN4O. The van der Waals surface area contributed by atoms with Gasteiger partial charge in [0, 0.05) is 17.8 Å². The Hall–Kier alpha value is -3.20. The Morgan fingerprint density at radius 3 is 2.82 bits per heavy atom. The molecule has 108 valence electrons. The second-order valence-electron chi connectivity index (χ2n) is 4.48. The van der Waals surface area contributed by atoms with Crippen LogP contribution in [-0.2, 0) is 6.61 Å². The van der Waals surface area contributed by atoms with Crippen LogP contribution in [0.15, 0.2) is 54.9 Å². The molecular weight excluding hydrogens is 283 g/mol. The van der Waals surface area contributed by atoms with E-state index in [9.17, 15) is 4.39 Å². The van der Waals surface area contributed by atoms with Gasteiger partial charge in [-0.1, -0.05) is 12.1 Å². The molecule has 0 aliphatic rings. The highest BCUT2D eigenvalue weighted by Crippen LogP contribution is 2.18. The van der Waals surface area contributed by atoms with E-state index >= 15 is 0 Å². The maximum Gasteiger partial charge on any atom is 0.218 e. The number of benzene rings is 1. The van der Waals surface area contributed by atoms with E-state index in [0.717, 1.165) is 0 Å². The van der Waals surface area contributed by atoms with E-state index in [1.54, 1.807) is 36.7 Å². The summed E-state index contributed by atoms with van der Waals surface area (Å²) in [7, 11) is 0. The second-order valence-corrected chi connectivity index (χ2v) is 4.48. The van der Waals surface area contributed by atoms with Crippen LogP contribution in [0.25, 0.3) is 5.82 Å². The van der Waals surface area contributed by atoms with Crippen LogP contribution >= 0.6 is 0 Å². The molecule has 5 nitrogen and oxygen atoms in total. The molecule has 0 unspecified atom stereocenters. The van der Waals surface area contributed by atoms with Gasteiger partial charge in [0.1, 0.15) is 12.4 Å². The van der Waals surface area contributed by atoms with E-state index in [1.807, 2.05) is 12.1 Å². The van der Waals surface area contributed by atoms with Crippen LogP contribution in [0.1, 0.15) is 11.1 Å². The SMILES string of the molecule is N#Cc1ccc(COc2ccnn2-c2ccccn2)c(F)c1. The first kappa shape index (κ1) is 13.8. The van der Waals surface area contributed by atoms with Crippen molar-refractivity contribution in [2.24, 2.45) is 0 Å². The Balaban J connectivity index is 1.79. The molecule has 0 N–H and O–H groups in total. The van der Waals surface area contributed by atoms with Gasteiger partial charge in [-0.25, -0.2) is 9.37 Å². The highest BCUT2D eigenvalue weighted by Gasteiger charge is 2.09. The number of pyridine rings is 1. The molecule has 0 fully saturated rings. The molecule has 0 saturated carbocycles. The highest BCUT2D eigenvalue weighted by molar-refractivity contribution is 5.33. The molecule has 2 heterocycles. The lowest BCUT2D eigenvalue weighted by Gasteiger charge is -2.09. The summed E-state index contributed by atoms with van der Waals surface area (Å²) < 4.78 is 21.0. The van der Waals surface area contributed by atoms with Crippen molar-refractivity contribution >= 4 is 0 Å². The monoisotopic (exact) mass is 294 g/mol. The molecule has 0 amide bonds. The van der Waals surface area contributed by atoms with Gasteiger partial charge in [0.05, 0.1) is 17.8 Å². The van der Waals surface area contributed by atoms with Crippen LogP contribution in [0, 0.1) is 17.1 Å². The van der Waals surface area contributed by atoms with Crippen molar-refractivity contribution in [3.05, 3.63) is 71.8 Å². The van der Waals surface area contributed by atoms with E-state index in [4.69, 9.17) is 10.00 Å². The number of ether oxygens (including phenoxy) is 1. The van der Waals surface area contributed by atoms with Crippen molar-refractivity contribution in [1.82, 2.24) is 14.8 Å². The van der Waals surface area contributed by atoms with Gasteiger partial charge in [-0.05, 0) is 24.3 Å². The average molecular weight is 294 g/mol. The molecule has 0 aliphatic carbocycles. The summed E-state index contributed by atoms with van der Waals surface area (Å²) in [4.78, 5) is 4.19. The summed E-state index contributed by atoms with van der Waals surface area (Å²) in [6, 6.07) is 13.3. The van der Waals surface area contributed by atoms with Crippen LogP contribution in [0.5, 0.6) is 5.88 Å². The maximum atomic E-state index is 13.8. The average Bonchev–Trinajstić information content (AvgIpc) is 3.03. The fourth-order valence-electron chi connectivity index (χ4n) is 1.94. The van der Waals surface area contributed by atoms with Gasteiger partial charge in [-0.15, -0.1) is 0 Å². The third kappa shape index (κ3) is 2.79. The number of nitriles is 1. The molecule has 22 heavy (non-hydrogen) atoms. The topological polar surface area (TPSA) is 63.7 Å². The predicted molar refractivity (Wildman–Crippen MR) is 76.8 cm³/mol. The smallest absolute Gasteiger partial charge is 0.218 e. The van der Waals surface area contributed by atoms with Crippen molar-refractivity contribution < 1.29 is 9.13 Å². The first-order valence-corrected chi connectivity index (χ1v) is 6.54. The number of hydrogen-bond donors (Lipinski definition) is 0. The van der Waals surface area contributed by atoms with Crippen molar-refractivity contribution in [3.8, 4) is 17.8 Å². The van der Waals surface area contributed by atoms with Crippen LogP contribution in [0.4, 0.5) is 4.39 Å². The molecule has 3 rings (SSSR count). The number of hydrogen-bond acceptors (Lipinski definition) is 4. The second kappa shape index (κ2) is 6.06. The van der Waals surface area contributed by atoms with Gasteiger partial charge in [0.2, 0.25) is 5.88 Å². The van der Waals surface area contributed by atoms with Crippen molar-refractivity contribution in [1.29, 1.82) is 5.26 Å². The lowest BCUT2D eigenvalue weighted by molar-refractivity contribution is 0.279. The quantitative estimate of drug-likeness (QED) is 0.742. The zero-order valence-electron chi connectivity index (χ0n) is 11.5. The van der Waals surface area contributed by atoms with E-state index in [0.29, 0.717) is 17.3 Å². The molecule has 0 atom stereocenters. The van der Waals surface area contributed by atoms with Gasteiger partial charge in [0.15, 0.2) is 5.82 Å². The van der Waals surface area contributed by atoms with Crippen LogP contribution < -0.4 is 4.74 Å². The minimum Gasteiger partial charge on any atom is -0.473 e. The largest absolute Gasteiger partial charge is 0.473 e. The fraction of sp³-hybridized carbons (Fsp3) is 0.0625. The van der Waals surface area contributed by atoms with Crippen molar-refractivity contribution in [3.63, 3.8) is 0 Å². The fourth-order valence-corrected chi connectivity index (χ4v) is 1.94. The molecule has 0 spiro atoms. The molecule has 6 heteroatoms. The number of rotatable bonds is 4. The van der Waals surface area contributed by atoms with E-state index < -0.39 is 5.82 Å². The zero-order chi connectivity index (χ0) is 15.4. The number of halogens is 1. The van der Waals surface area contributed by atoms with Crippen molar-refractivity contribution in [2.75, 3.05) is 0 Å². The van der Waals surface area contributed by atoms with Gasteiger partial charge in [0.25, 0.3) is 0 Å². The predicted octanol–water partition coefficient (Wildman–Crippen LogP) is 2.86. The molecule has 0 aliphatic heterocycles. The third-order valence-corrected chi connectivity index (χ3v) is 3.03. The number of aromatic nitrogens is 3. The van der Waals surface area contributed by atoms with E-state index in [2.05, 4.69) is 10.1 Å². The summed E-state index contributed by atoms with van der Waals surface area (Å²) in [5.74, 6) is 0.605. The van der Waals surface area contributed by atoms with Crippen LogP contribution in [-0.4, -0.2) is 14.8 Å². The summed E-state index contributed by atoms with van der Waals surface area (Å²) >= 11 is 0. The summed E-state index contributed by atoms with van der Waals surface area (Å²) in [6.07, 6.45) is 3.24. The summed E-state index contributed by atoms with van der Waals surface area (Å²) in [5, 5.41) is 12.9. The lowest BCUT2D eigenvalue weighted by Crippen LogP contribution is -2.05. The standard InChI is InChI=1S/C16H11FN4O/c17-14-9-12(10-18)4-5-13(14)11-22-16-6-8-20-21(16)15-3-1-2-7-19-15/h1-9H,11H2. The highest BCUT2D eigenvalue weighted by atomic mass is 19.1. The summed E-state index contributed by atoms with van der Waals surface area (Å²) in [5.41, 5.74) is 0.646. The number of nitrogens with zero attached hydrogens (tertiary/aromatic N) is 4. The van der Waals surface area contributed by atoms with Crippen LogP contribution in [0.3, 0.4) is 0 Å². The third-order valence-electron chi connectivity index (χ3n) is 3.03. The Kier molecular flexibility index (Phi) is 3.79. The molecule has 2 aromatic heterocycles. The first-order valence-electron chi connectivity index (χ1n) is 6.54. The van der Waals surface area contributed by atoms with Gasteiger partial charge >= 0.3 is 0 Å². The Bertz CT molecular complexity index is 824. The van der Waals surface area contributed by atoms with E-state index in [-0.39, 0.29) is 12.2 Å². The first-order chi connectivity index (χ1) is 10.8. The Morgan fingerprint density at radius 2 is 2.09 bits per heavy atom. The van der Waals surface area contributed by atoms with Gasteiger partial charge < -0.3 is 4.74 Å².